The minimum absolute atomic E-state index is 0.0505. The van der Waals surface area contributed by atoms with Gasteiger partial charge in [0.05, 0.1) is 12.9 Å². The summed E-state index contributed by atoms with van der Waals surface area (Å²) in [7, 11) is 0. The first-order valence-electron chi connectivity index (χ1n) is 10.6. The van der Waals surface area contributed by atoms with E-state index in [1.54, 1.807) is 46.2 Å². The number of ether oxygens (including phenoxy) is 1. The van der Waals surface area contributed by atoms with Crippen molar-refractivity contribution in [1.29, 1.82) is 0 Å². The number of benzene rings is 1. The molecule has 3 amide bonds. The van der Waals surface area contributed by atoms with E-state index in [9.17, 15) is 14.4 Å². The highest BCUT2D eigenvalue weighted by Crippen LogP contribution is 2.38. The summed E-state index contributed by atoms with van der Waals surface area (Å²) in [4.78, 5) is 42.3. The summed E-state index contributed by atoms with van der Waals surface area (Å²) >= 11 is 0. The quantitative estimate of drug-likeness (QED) is 0.811. The molecule has 0 unspecified atom stereocenters. The van der Waals surface area contributed by atoms with Crippen molar-refractivity contribution in [3.8, 4) is 0 Å². The van der Waals surface area contributed by atoms with Crippen LogP contribution in [-0.2, 0) is 9.53 Å². The zero-order valence-corrected chi connectivity index (χ0v) is 17.7. The number of amides is 3. The fourth-order valence-electron chi connectivity index (χ4n) is 4.28. The molecule has 1 N–H and O–H groups in total. The Balaban J connectivity index is 1.58. The first-order chi connectivity index (χ1) is 14.9. The number of hydrogen-bond donors (Lipinski definition) is 1. The van der Waals surface area contributed by atoms with E-state index in [0.29, 0.717) is 31.5 Å². The van der Waals surface area contributed by atoms with Crippen LogP contribution < -0.4 is 5.32 Å². The molecule has 4 rings (SSSR count). The fraction of sp³-hybridized carbons (Fsp3) is 0.435. The molecule has 1 atom stereocenters. The molecule has 0 radical (unpaired) electrons. The van der Waals surface area contributed by atoms with Gasteiger partial charge >= 0.3 is 0 Å². The Kier molecular flexibility index (Phi) is 5.82. The van der Waals surface area contributed by atoms with Crippen molar-refractivity contribution in [1.82, 2.24) is 15.1 Å². The Hall–Kier alpha value is -3.13. The lowest BCUT2D eigenvalue weighted by atomic mass is 9.96. The Labute approximate surface area is 181 Å². The second-order valence-corrected chi connectivity index (χ2v) is 8.25. The van der Waals surface area contributed by atoms with Gasteiger partial charge < -0.3 is 19.4 Å². The average Bonchev–Trinajstić information content (AvgIpc) is 3.42. The van der Waals surface area contributed by atoms with Crippen LogP contribution in [0.1, 0.15) is 47.6 Å². The number of likely N-dealkylation sites (tertiary alicyclic amines) is 1. The Bertz CT molecular complexity index is 933. The van der Waals surface area contributed by atoms with Gasteiger partial charge in [-0.3, -0.25) is 19.3 Å². The number of carbonyl (C=O) groups excluding carboxylic acids is 3. The Morgan fingerprint density at radius 3 is 2.35 bits per heavy atom. The van der Waals surface area contributed by atoms with Crippen molar-refractivity contribution in [2.75, 3.05) is 19.7 Å². The van der Waals surface area contributed by atoms with E-state index in [1.165, 1.54) is 6.26 Å². The van der Waals surface area contributed by atoms with Crippen LogP contribution in [0.2, 0.25) is 0 Å². The number of piperidine rings is 1. The molecule has 1 aromatic carbocycles. The minimum atomic E-state index is -0.925. The first kappa shape index (κ1) is 21.1. The van der Waals surface area contributed by atoms with Gasteiger partial charge in [0.1, 0.15) is 11.8 Å². The van der Waals surface area contributed by atoms with Crippen LogP contribution in [-0.4, -0.2) is 65.0 Å². The van der Waals surface area contributed by atoms with Gasteiger partial charge in [0, 0.05) is 37.5 Å². The lowest BCUT2D eigenvalue weighted by Gasteiger charge is -2.44. The molecule has 0 bridgehead atoms. The predicted octanol–water partition coefficient (Wildman–Crippen LogP) is 2.28. The third-order valence-electron chi connectivity index (χ3n) is 5.80. The van der Waals surface area contributed by atoms with Crippen LogP contribution in [0.25, 0.3) is 0 Å². The second-order valence-electron chi connectivity index (χ2n) is 8.25. The molecule has 2 aliphatic heterocycles. The van der Waals surface area contributed by atoms with Gasteiger partial charge in [-0.2, -0.15) is 0 Å². The average molecular weight is 425 g/mol. The highest BCUT2D eigenvalue weighted by atomic mass is 16.5. The molecule has 0 saturated carbocycles. The highest BCUT2D eigenvalue weighted by molar-refractivity contribution is 5.98. The van der Waals surface area contributed by atoms with Crippen LogP contribution in [0.4, 0.5) is 0 Å². The number of nitrogens with one attached hydrogen (secondary N) is 1. The number of carbonyl (C=O) groups is 3. The van der Waals surface area contributed by atoms with E-state index in [4.69, 9.17) is 9.15 Å². The van der Waals surface area contributed by atoms with Crippen LogP contribution in [0.3, 0.4) is 0 Å². The summed E-state index contributed by atoms with van der Waals surface area (Å²) < 4.78 is 11.4. The van der Waals surface area contributed by atoms with E-state index in [2.05, 4.69) is 5.32 Å². The molecule has 1 spiro atoms. The third-order valence-corrected chi connectivity index (χ3v) is 5.80. The summed E-state index contributed by atoms with van der Waals surface area (Å²) in [5.41, 5.74) is -0.421. The van der Waals surface area contributed by atoms with E-state index >= 15 is 0 Å². The van der Waals surface area contributed by atoms with Crippen LogP contribution in [0.5, 0.6) is 0 Å². The lowest BCUT2D eigenvalue weighted by molar-refractivity contribution is -0.128. The van der Waals surface area contributed by atoms with Gasteiger partial charge in [-0.05, 0) is 38.1 Å². The summed E-state index contributed by atoms with van der Waals surface area (Å²) in [5.74, 6) is -0.374. The molecule has 0 aliphatic carbocycles. The Morgan fingerprint density at radius 1 is 1.03 bits per heavy atom. The second kappa shape index (κ2) is 8.55. The van der Waals surface area contributed by atoms with Gasteiger partial charge in [0.2, 0.25) is 5.91 Å². The van der Waals surface area contributed by atoms with Gasteiger partial charge in [-0.15, -0.1) is 0 Å². The lowest BCUT2D eigenvalue weighted by Crippen LogP contribution is -2.60. The molecule has 164 valence electrons. The maximum absolute atomic E-state index is 13.5. The van der Waals surface area contributed by atoms with Crippen LogP contribution in [0.15, 0.2) is 53.1 Å². The number of nitrogens with zero attached hydrogens (tertiary/aromatic N) is 2. The topological polar surface area (TPSA) is 92.1 Å². The normalized spacial score (nSPS) is 20.3. The summed E-state index contributed by atoms with van der Waals surface area (Å²) in [6, 6.07) is 11.5. The zero-order valence-electron chi connectivity index (χ0n) is 17.7. The zero-order chi connectivity index (χ0) is 22.0. The largest absolute Gasteiger partial charge is 0.459 e. The molecule has 1 aromatic heterocycles. The van der Waals surface area contributed by atoms with Crippen molar-refractivity contribution < 1.29 is 23.5 Å². The molecular formula is C23H27N3O5. The molecule has 2 fully saturated rings. The molecule has 2 aromatic rings. The predicted molar refractivity (Wildman–Crippen MR) is 112 cm³/mol. The molecule has 8 heteroatoms. The molecule has 8 nitrogen and oxygen atoms in total. The summed E-state index contributed by atoms with van der Waals surface area (Å²) in [6.07, 6.45) is 2.31. The highest BCUT2D eigenvalue weighted by Gasteiger charge is 2.54. The smallest absolute Gasteiger partial charge is 0.289 e. The molecule has 31 heavy (non-hydrogen) atoms. The van der Waals surface area contributed by atoms with Crippen LogP contribution in [0, 0.1) is 0 Å². The first-order valence-corrected chi connectivity index (χ1v) is 10.6. The van der Waals surface area contributed by atoms with Gasteiger partial charge in [-0.1, -0.05) is 18.2 Å². The van der Waals surface area contributed by atoms with Crippen molar-refractivity contribution in [2.45, 2.75) is 44.5 Å². The van der Waals surface area contributed by atoms with Crippen molar-refractivity contribution in [2.24, 2.45) is 0 Å². The minimum Gasteiger partial charge on any atom is -0.459 e. The van der Waals surface area contributed by atoms with E-state index in [-0.39, 0.29) is 36.1 Å². The van der Waals surface area contributed by atoms with Crippen molar-refractivity contribution in [3.63, 3.8) is 0 Å². The van der Waals surface area contributed by atoms with Gasteiger partial charge in [-0.25, -0.2) is 0 Å². The SMILES string of the molecule is CC(C)NC(=O)[C@H]1COC2(CCN(C(=O)c3ccco3)CC2)N1C(=O)c1ccccc1. The Morgan fingerprint density at radius 2 is 1.74 bits per heavy atom. The number of rotatable bonds is 4. The van der Waals surface area contributed by atoms with E-state index in [1.807, 2.05) is 19.9 Å². The number of hydrogen-bond acceptors (Lipinski definition) is 5. The molecular weight excluding hydrogens is 398 g/mol. The van der Waals surface area contributed by atoms with Crippen molar-refractivity contribution in [3.05, 3.63) is 60.1 Å². The van der Waals surface area contributed by atoms with Gasteiger partial charge in [0.15, 0.2) is 5.76 Å². The van der Waals surface area contributed by atoms with Crippen molar-refractivity contribution >= 4 is 17.7 Å². The third kappa shape index (κ3) is 4.07. The fourth-order valence-corrected chi connectivity index (χ4v) is 4.28. The summed E-state index contributed by atoms with van der Waals surface area (Å²) in [5, 5.41) is 2.90. The van der Waals surface area contributed by atoms with E-state index in [0.717, 1.165) is 0 Å². The standard InChI is InChI=1S/C23H27N3O5/c1-16(2)24-20(27)18-15-31-23(26(18)21(28)17-7-4-3-5-8-17)10-12-25(13-11-23)22(29)19-9-6-14-30-19/h3-9,14,16,18H,10-13,15H2,1-2H3,(H,24,27)/t18-/m1/s1. The molecule has 2 aliphatic rings. The maximum Gasteiger partial charge on any atom is 0.289 e. The summed E-state index contributed by atoms with van der Waals surface area (Å²) in [6.45, 7) is 4.69. The molecule has 2 saturated heterocycles. The monoisotopic (exact) mass is 425 g/mol. The maximum atomic E-state index is 13.5. The molecule has 3 heterocycles. The number of furan rings is 1. The van der Waals surface area contributed by atoms with Gasteiger partial charge in [0.25, 0.3) is 11.8 Å². The van der Waals surface area contributed by atoms with Crippen LogP contribution >= 0.6 is 0 Å². The van der Waals surface area contributed by atoms with E-state index < -0.39 is 11.8 Å².